The summed E-state index contributed by atoms with van der Waals surface area (Å²) in [5.74, 6) is 0.104. The average Bonchev–Trinajstić information content (AvgIpc) is 2.81. The molecule has 0 bridgehead atoms. The van der Waals surface area contributed by atoms with Gasteiger partial charge in [0.1, 0.15) is 0 Å². The first-order valence-electron chi connectivity index (χ1n) is 6.58. The second kappa shape index (κ2) is 5.52. The molecule has 0 radical (unpaired) electrons. The van der Waals surface area contributed by atoms with Crippen molar-refractivity contribution in [1.29, 1.82) is 0 Å². The van der Waals surface area contributed by atoms with Gasteiger partial charge >= 0.3 is 0 Å². The Hall–Kier alpha value is -1.36. The number of nitrogens with zero attached hydrogens (tertiary/aromatic N) is 2. The van der Waals surface area contributed by atoms with E-state index >= 15 is 0 Å². The van der Waals surface area contributed by atoms with Crippen molar-refractivity contribution in [3.63, 3.8) is 0 Å². The predicted molar refractivity (Wildman–Crippen MR) is 70.0 cm³/mol. The van der Waals surface area contributed by atoms with E-state index in [0.717, 1.165) is 19.4 Å². The number of nitrogens with one attached hydrogen (secondary N) is 2. The van der Waals surface area contributed by atoms with E-state index in [1.807, 2.05) is 16.9 Å². The van der Waals surface area contributed by atoms with E-state index in [-0.39, 0.29) is 17.4 Å². The molecule has 1 amide bonds. The zero-order valence-electron chi connectivity index (χ0n) is 11.1. The molecular weight excluding hydrogens is 228 g/mol. The predicted octanol–water partition coefficient (Wildman–Crippen LogP) is 0.777. The fraction of sp³-hybridized carbons (Fsp3) is 0.692. The van der Waals surface area contributed by atoms with Gasteiger partial charge in [-0.1, -0.05) is 13.8 Å². The lowest BCUT2D eigenvalue weighted by molar-refractivity contribution is -0.126. The van der Waals surface area contributed by atoms with Crippen LogP contribution in [0.15, 0.2) is 18.5 Å². The lowest BCUT2D eigenvalue weighted by Gasteiger charge is -2.38. The molecule has 1 aliphatic rings. The molecule has 0 aliphatic carbocycles. The van der Waals surface area contributed by atoms with Crippen molar-refractivity contribution in [3.8, 4) is 0 Å². The van der Waals surface area contributed by atoms with Gasteiger partial charge in [-0.15, -0.1) is 0 Å². The van der Waals surface area contributed by atoms with Crippen LogP contribution < -0.4 is 10.6 Å². The molecule has 2 heterocycles. The van der Waals surface area contributed by atoms with Crippen molar-refractivity contribution in [2.24, 2.45) is 5.41 Å². The second-order valence-electron chi connectivity index (χ2n) is 5.54. The molecule has 1 aromatic rings. The summed E-state index contributed by atoms with van der Waals surface area (Å²) in [6, 6.07) is 1.80. The number of piperidine rings is 1. The Morgan fingerprint density at radius 2 is 2.44 bits per heavy atom. The number of carbonyl (C=O) groups excluding carboxylic acids is 1. The van der Waals surface area contributed by atoms with Gasteiger partial charge in [-0.05, 0) is 30.9 Å². The van der Waals surface area contributed by atoms with Gasteiger partial charge in [-0.2, -0.15) is 5.10 Å². The summed E-state index contributed by atoms with van der Waals surface area (Å²) < 4.78 is 1.82. The summed E-state index contributed by atoms with van der Waals surface area (Å²) in [6.07, 6.45) is 5.88. The summed E-state index contributed by atoms with van der Waals surface area (Å²) in [7, 11) is 0. The minimum atomic E-state index is -0.0797. The Balaban J connectivity index is 1.80. The zero-order valence-corrected chi connectivity index (χ0v) is 11.1. The first-order chi connectivity index (χ1) is 8.59. The highest BCUT2D eigenvalue weighted by Gasteiger charge is 2.36. The maximum atomic E-state index is 12.1. The number of carbonyl (C=O) groups is 1. The first-order valence-corrected chi connectivity index (χ1v) is 6.58. The Labute approximate surface area is 108 Å². The molecule has 2 rings (SSSR count). The highest BCUT2D eigenvalue weighted by Crippen LogP contribution is 2.29. The van der Waals surface area contributed by atoms with E-state index in [0.29, 0.717) is 13.1 Å². The molecule has 5 nitrogen and oxygen atoms in total. The molecule has 18 heavy (non-hydrogen) atoms. The number of rotatable bonds is 4. The molecule has 1 fully saturated rings. The van der Waals surface area contributed by atoms with Crippen LogP contribution in [0.3, 0.4) is 0 Å². The zero-order chi connectivity index (χ0) is 13.0. The van der Waals surface area contributed by atoms with Crippen LogP contribution in [0.5, 0.6) is 0 Å². The minimum absolute atomic E-state index is 0.0357. The highest BCUT2D eigenvalue weighted by molar-refractivity contribution is 5.82. The third-order valence-corrected chi connectivity index (χ3v) is 3.59. The van der Waals surface area contributed by atoms with E-state index in [1.165, 1.54) is 0 Å². The van der Waals surface area contributed by atoms with Crippen molar-refractivity contribution in [2.75, 3.05) is 13.1 Å². The van der Waals surface area contributed by atoms with Crippen LogP contribution in [-0.4, -0.2) is 34.8 Å². The van der Waals surface area contributed by atoms with Crippen molar-refractivity contribution < 1.29 is 4.79 Å². The van der Waals surface area contributed by atoms with Crippen molar-refractivity contribution in [2.45, 2.75) is 39.3 Å². The Morgan fingerprint density at radius 1 is 1.61 bits per heavy atom. The lowest BCUT2D eigenvalue weighted by Crippen LogP contribution is -2.55. The highest BCUT2D eigenvalue weighted by atomic mass is 16.2. The SMILES string of the molecule is CC1(C)CCCNC1C(=O)NCCn1cccn1. The van der Waals surface area contributed by atoms with Crippen LogP contribution in [-0.2, 0) is 11.3 Å². The quantitative estimate of drug-likeness (QED) is 0.830. The molecule has 0 spiro atoms. The van der Waals surface area contributed by atoms with E-state index in [4.69, 9.17) is 0 Å². The number of hydrogen-bond donors (Lipinski definition) is 2. The molecule has 2 N–H and O–H groups in total. The van der Waals surface area contributed by atoms with Crippen LogP contribution in [0, 0.1) is 5.41 Å². The second-order valence-corrected chi connectivity index (χ2v) is 5.54. The normalized spacial score (nSPS) is 22.7. The van der Waals surface area contributed by atoms with E-state index in [1.54, 1.807) is 6.20 Å². The molecular formula is C13H22N4O. The fourth-order valence-corrected chi connectivity index (χ4v) is 2.49. The third-order valence-electron chi connectivity index (χ3n) is 3.59. The molecule has 1 saturated heterocycles. The van der Waals surface area contributed by atoms with Crippen LogP contribution in [0.4, 0.5) is 0 Å². The molecule has 0 saturated carbocycles. The van der Waals surface area contributed by atoms with Crippen LogP contribution in [0.25, 0.3) is 0 Å². The molecule has 1 aliphatic heterocycles. The van der Waals surface area contributed by atoms with Gasteiger partial charge in [0.25, 0.3) is 0 Å². The topological polar surface area (TPSA) is 59.0 Å². The summed E-state index contributed by atoms with van der Waals surface area (Å²) in [5, 5.41) is 10.4. The molecule has 1 atom stereocenters. The van der Waals surface area contributed by atoms with Gasteiger partial charge in [0.15, 0.2) is 0 Å². The molecule has 0 aromatic carbocycles. The van der Waals surface area contributed by atoms with Crippen molar-refractivity contribution in [1.82, 2.24) is 20.4 Å². The Kier molecular flexibility index (Phi) is 4.01. The maximum Gasteiger partial charge on any atom is 0.237 e. The fourth-order valence-electron chi connectivity index (χ4n) is 2.49. The summed E-state index contributed by atoms with van der Waals surface area (Å²) >= 11 is 0. The summed E-state index contributed by atoms with van der Waals surface area (Å²) in [5.41, 5.74) is 0.0357. The number of aromatic nitrogens is 2. The van der Waals surface area contributed by atoms with Crippen LogP contribution in [0.2, 0.25) is 0 Å². The molecule has 1 aromatic heterocycles. The Bertz CT molecular complexity index is 386. The van der Waals surface area contributed by atoms with Gasteiger partial charge in [0.05, 0.1) is 12.6 Å². The average molecular weight is 250 g/mol. The molecule has 1 unspecified atom stereocenters. The van der Waals surface area contributed by atoms with Crippen molar-refractivity contribution in [3.05, 3.63) is 18.5 Å². The molecule has 100 valence electrons. The smallest absolute Gasteiger partial charge is 0.237 e. The standard InChI is InChI=1S/C13H22N4O/c1-13(2)5-3-6-14-11(13)12(18)15-8-10-17-9-4-7-16-17/h4,7,9,11,14H,3,5-6,8,10H2,1-2H3,(H,15,18). The van der Waals surface area contributed by atoms with Crippen LogP contribution >= 0.6 is 0 Å². The van der Waals surface area contributed by atoms with Gasteiger partial charge in [0.2, 0.25) is 5.91 Å². The van der Waals surface area contributed by atoms with Gasteiger partial charge in [0, 0.05) is 18.9 Å². The van der Waals surface area contributed by atoms with Gasteiger partial charge in [-0.25, -0.2) is 0 Å². The van der Waals surface area contributed by atoms with E-state index < -0.39 is 0 Å². The third kappa shape index (κ3) is 3.10. The first kappa shape index (κ1) is 13.1. The summed E-state index contributed by atoms with van der Waals surface area (Å²) in [4.78, 5) is 12.1. The van der Waals surface area contributed by atoms with Gasteiger partial charge < -0.3 is 10.6 Å². The van der Waals surface area contributed by atoms with Gasteiger partial charge in [-0.3, -0.25) is 9.48 Å². The number of amides is 1. The lowest BCUT2D eigenvalue weighted by atomic mass is 9.77. The Morgan fingerprint density at radius 3 is 3.11 bits per heavy atom. The van der Waals surface area contributed by atoms with E-state index in [2.05, 4.69) is 29.6 Å². The minimum Gasteiger partial charge on any atom is -0.353 e. The summed E-state index contributed by atoms with van der Waals surface area (Å²) in [6.45, 7) is 6.56. The monoisotopic (exact) mass is 250 g/mol. The number of hydrogen-bond acceptors (Lipinski definition) is 3. The molecule has 5 heteroatoms. The van der Waals surface area contributed by atoms with Crippen molar-refractivity contribution >= 4 is 5.91 Å². The van der Waals surface area contributed by atoms with Crippen LogP contribution in [0.1, 0.15) is 26.7 Å². The largest absolute Gasteiger partial charge is 0.353 e. The van der Waals surface area contributed by atoms with E-state index in [9.17, 15) is 4.79 Å². The maximum absolute atomic E-state index is 12.1.